The van der Waals surface area contributed by atoms with Crippen molar-refractivity contribution in [3.8, 4) is 17.3 Å². The van der Waals surface area contributed by atoms with Gasteiger partial charge in [0.15, 0.2) is 5.82 Å². The first-order valence-electron chi connectivity index (χ1n) is 11.4. The third-order valence-corrected chi connectivity index (χ3v) is 6.26. The van der Waals surface area contributed by atoms with Crippen LogP contribution in [0.25, 0.3) is 22.4 Å². The number of benzene rings is 2. The molecule has 2 heterocycles. The Bertz CT molecular complexity index is 1450. The molecule has 0 saturated heterocycles. The SMILES string of the molecule is COCCOc1cc(F)c(Cn2nc(-c3nc4c(c(=O)[nH]3)CC(C)(C)C4)c3ccccc32)c(F)c1. The Morgan fingerprint density at radius 2 is 1.86 bits per heavy atom. The number of para-hydroxylation sites is 1. The Kier molecular flexibility index (Phi) is 5.88. The number of nitrogens with one attached hydrogen (secondary N) is 1. The fraction of sp³-hybridized carbons (Fsp3) is 0.346. The molecule has 182 valence electrons. The lowest BCUT2D eigenvalue weighted by Gasteiger charge is -2.13. The molecule has 0 fully saturated rings. The van der Waals surface area contributed by atoms with E-state index < -0.39 is 11.6 Å². The zero-order valence-electron chi connectivity index (χ0n) is 19.8. The molecule has 0 amide bonds. The first-order chi connectivity index (χ1) is 16.8. The summed E-state index contributed by atoms with van der Waals surface area (Å²) in [6.07, 6.45) is 1.37. The maximum absolute atomic E-state index is 14.9. The van der Waals surface area contributed by atoms with Crippen molar-refractivity contribution in [1.82, 2.24) is 19.7 Å². The first kappa shape index (κ1) is 23.2. The number of hydrogen-bond acceptors (Lipinski definition) is 5. The molecule has 9 heteroatoms. The molecular formula is C26H26F2N4O3. The highest BCUT2D eigenvalue weighted by Gasteiger charge is 2.32. The van der Waals surface area contributed by atoms with Crippen LogP contribution in [0.1, 0.15) is 30.7 Å². The normalized spacial score (nSPS) is 14.4. The third kappa shape index (κ3) is 4.43. The number of hydrogen-bond donors (Lipinski definition) is 1. The van der Waals surface area contributed by atoms with Crippen molar-refractivity contribution < 1.29 is 18.3 Å². The van der Waals surface area contributed by atoms with Gasteiger partial charge < -0.3 is 14.5 Å². The highest BCUT2D eigenvalue weighted by molar-refractivity contribution is 5.91. The van der Waals surface area contributed by atoms with Crippen molar-refractivity contribution in [3.05, 3.63) is 75.2 Å². The minimum Gasteiger partial charge on any atom is -0.491 e. The molecule has 5 rings (SSSR count). The molecule has 2 aromatic carbocycles. The fourth-order valence-electron chi connectivity index (χ4n) is 4.61. The van der Waals surface area contributed by atoms with Crippen LogP contribution in [0.15, 0.2) is 41.2 Å². The fourth-order valence-corrected chi connectivity index (χ4v) is 4.61. The van der Waals surface area contributed by atoms with Gasteiger partial charge in [0, 0.05) is 35.8 Å². The van der Waals surface area contributed by atoms with Gasteiger partial charge in [0.1, 0.15) is 29.7 Å². The van der Waals surface area contributed by atoms with Gasteiger partial charge in [-0.05, 0) is 24.3 Å². The maximum Gasteiger partial charge on any atom is 0.254 e. The van der Waals surface area contributed by atoms with Crippen molar-refractivity contribution in [1.29, 1.82) is 0 Å². The number of nitrogens with zero attached hydrogens (tertiary/aromatic N) is 3. The van der Waals surface area contributed by atoms with Crippen molar-refractivity contribution in [2.24, 2.45) is 5.41 Å². The summed E-state index contributed by atoms with van der Waals surface area (Å²) in [7, 11) is 1.52. The molecule has 0 aliphatic heterocycles. The number of ether oxygens (including phenoxy) is 2. The average Bonchev–Trinajstić information content (AvgIpc) is 3.33. The number of H-pyrrole nitrogens is 1. The highest BCUT2D eigenvalue weighted by atomic mass is 19.1. The van der Waals surface area contributed by atoms with E-state index in [2.05, 4.69) is 23.9 Å². The monoisotopic (exact) mass is 480 g/mol. The van der Waals surface area contributed by atoms with Crippen LogP contribution in [0.4, 0.5) is 8.78 Å². The predicted molar refractivity (Wildman–Crippen MR) is 128 cm³/mol. The number of methoxy groups -OCH3 is 1. The summed E-state index contributed by atoms with van der Waals surface area (Å²) in [5.41, 5.74) is 2.27. The van der Waals surface area contributed by atoms with E-state index in [4.69, 9.17) is 14.5 Å². The number of fused-ring (bicyclic) bond motifs is 2. The third-order valence-electron chi connectivity index (χ3n) is 6.26. The smallest absolute Gasteiger partial charge is 0.254 e. The average molecular weight is 481 g/mol. The van der Waals surface area contributed by atoms with Gasteiger partial charge in [0.2, 0.25) is 0 Å². The summed E-state index contributed by atoms with van der Waals surface area (Å²) in [5.74, 6) is -1.02. The van der Waals surface area contributed by atoms with E-state index in [1.807, 2.05) is 24.3 Å². The van der Waals surface area contributed by atoms with Gasteiger partial charge in [0.05, 0.1) is 24.4 Å². The Hall–Kier alpha value is -3.59. The number of halogens is 2. The van der Waals surface area contributed by atoms with Crippen molar-refractivity contribution in [2.45, 2.75) is 33.2 Å². The highest BCUT2D eigenvalue weighted by Crippen LogP contribution is 2.35. The molecule has 4 aromatic rings. The minimum absolute atomic E-state index is 0.0309. The van der Waals surface area contributed by atoms with E-state index in [-0.39, 0.29) is 35.4 Å². The van der Waals surface area contributed by atoms with Crippen LogP contribution in [-0.4, -0.2) is 40.1 Å². The maximum atomic E-state index is 14.9. The van der Waals surface area contributed by atoms with E-state index in [0.29, 0.717) is 42.0 Å². The molecule has 1 aliphatic carbocycles. The van der Waals surface area contributed by atoms with Crippen molar-refractivity contribution >= 4 is 10.9 Å². The molecule has 0 unspecified atom stereocenters. The summed E-state index contributed by atoms with van der Waals surface area (Å²) in [6.45, 7) is 4.57. The molecule has 0 radical (unpaired) electrons. The second-order valence-electron chi connectivity index (χ2n) is 9.59. The summed E-state index contributed by atoms with van der Waals surface area (Å²) in [4.78, 5) is 20.4. The molecule has 35 heavy (non-hydrogen) atoms. The van der Waals surface area contributed by atoms with Gasteiger partial charge in [-0.15, -0.1) is 0 Å². The Labute approximate surface area is 200 Å². The minimum atomic E-state index is -0.732. The largest absolute Gasteiger partial charge is 0.491 e. The predicted octanol–water partition coefficient (Wildman–Crippen LogP) is 4.26. The number of rotatable bonds is 7. The van der Waals surface area contributed by atoms with E-state index in [0.717, 1.165) is 23.2 Å². The second kappa shape index (κ2) is 8.88. The van der Waals surface area contributed by atoms with Gasteiger partial charge in [-0.2, -0.15) is 5.10 Å². The van der Waals surface area contributed by atoms with Crippen LogP contribution in [0.3, 0.4) is 0 Å². The molecule has 1 N–H and O–H groups in total. The van der Waals surface area contributed by atoms with Crippen LogP contribution in [-0.2, 0) is 24.1 Å². The standard InChI is InChI=1S/C26H26F2N4O3/c1-26(2)12-17-21(13-26)29-24(30-25(17)33)23-16-6-4-5-7-22(16)32(31-23)14-18-19(27)10-15(11-20(18)28)35-9-8-34-3/h4-7,10-11H,8-9,12-14H2,1-3H3,(H,29,30,33). The van der Waals surface area contributed by atoms with Crippen LogP contribution < -0.4 is 10.3 Å². The van der Waals surface area contributed by atoms with Gasteiger partial charge in [-0.25, -0.2) is 13.8 Å². The van der Waals surface area contributed by atoms with Crippen LogP contribution >= 0.6 is 0 Å². The van der Waals surface area contributed by atoms with Crippen LogP contribution in [0.2, 0.25) is 0 Å². The number of aromatic nitrogens is 4. The van der Waals surface area contributed by atoms with E-state index in [9.17, 15) is 13.6 Å². The summed E-state index contributed by atoms with van der Waals surface area (Å²) < 4.78 is 41.5. The Balaban J connectivity index is 1.53. The molecule has 1 aliphatic rings. The van der Waals surface area contributed by atoms with Gasteiger partial charge in [-0.1, -0.05) is 32.0 Å². The quantitative estimate of drug-likeness (QED) is 0.400. The van der Waals surface area contributed by atoms with Gasteiger partial charge in [-0.3, -0.25) is 9.48 Å². The summed E-state index contributed by atoms with van der Waals surface area (Å²) >= 11 is 0. The van der Waals surface area contributed by atoms with Crippen molar-refractivity contribution in [3.63, 3.8) is 0 Å². The van der Waals surface area contributed by atoms with Crippen molar-refractivity contribution in [2.75, 3.05) is 20.3 Å². The first-order valence-corrected chi connectivity index (χ1v) is 11.4. The molecule has 7 nitrogen and oxygen atoms in total. The molecule has 2 aromatic heterocycles. The van der Waals surface area contributed by atoms with E-state index in [1.165, 1.54) is 11.8 Å². The van der Waals surface area contributed by atoms with Gasteiger partial charge in [0.25, 0.3) is 5.56 Å². The molecule has 0 atom stereocenters. The topological polar surface area (TPSA) is 82.0 Å². The molecular weight excluding hydrogens is 454 g/mol. The van der Waals surface area contributed by atoms with E-state index >= 15 is 0 Å². The van der Waals surface area contributed by atoms with Crippen LogP contribution in [0.5, 0.6) is 5.75 Å². The van der Waals surface area contributed by atoms with Gasteiger partial charge >= 0.3 is 0 Å². The zero-order chi connectivity index (χ0) is 24.7. The molecule has 0 bridgehead atoms. The summed E-state index contributed by atoms with van der Waals surface area (Å²) in [5, 5.41) is 5.36. The molecule has 0 spiro atoms. The Morgan fingerprint density at radius 1 is 1.11 bits per heavy atom. The molecule has 0 saturated carbocycles. The lowest BCUT2D eigenvalue weighted by molar-refractivity contribution is 0.146. The summed E-state index contributed by atoms with van der Waals surface area (Å²) in [6, 6.07) is 9.65. The lowest BCUT2D eigenvalue weighted by atomic mass is 9.91. The second-order valence-corrected chi connectivity index (χ2v) is 9.59. The number of aromatic amines is 1. The van der Waals surface area contributed by atoms with E-state index in [1.54, 1.807) is 0 Å². The zero-order valence-corrected chi connectivity index (χ0v) is 19.8. The van der Waals surface area contributed by atoms with Crippen LogP contribution in [0, 0.1) is 17.0 Å². The lowest BCUT2D eigenvalue weighted by Crippen LogP contribution is -2.16. The Morgan fingerprint density at radius 3 is 2.60 bits per heavy atom.